The molecule has 3 rings (SSSR count). The topological polar surface area (TPSA) is 307 Å². The molecule has 3 heterocycles. The summed E-state index contributed by atoms with van der Waals surface area (Å²) < 4.78 is 34.2. The van der Waals surface area contributed by atoms with Gasteiger partial charge in [0.15, 0.2) is 18.9 Å². The number of aliphatic hydroxyl groups is 11. The number of amides is 1. The molecule has 0 bridgehead atoms. The van der Waals surface area contributed by atoms with Crippen LogP contribution in [0.4, 0.5) is 0 Å². The summed E-state index contributed by atoms with van der Waals surface area (Å²) in [5, 5.41) is 120. The standard InChI is InChI=1S/C66H125NO18/c1-3-5-7-9-11-12-13-14-15-16-17-18-19-20-21-22-23-24-25-26-27-28-29-30-31-32-33-34-35-36-38-39-41-43-50(71)49(67-54(72)44-42-40-37-10-8-6-4-2)48-80-64-60(78)57(75)62(52(46-69)82-64)85-66-61(79)58(76)63(53(47-70)83-66)84-65-59(77)56(74)55(73)51(45-68)81-65/h41,43,49-53,55-66,68-71,73-79H,3-40,42,44-48H2,1-2H3,(H,67,72)/b43-41+. The molecule has 17 atom stereocenters. The van der Waals surface area contributed by atoms with Crippen LogP contribution in [0, 0.1) is 0 Å². The van der Waals surface area contributed by atoms with Gasteiger partial charge in [0.25, 0.3) is 0 Å². The molecule has 0 aromatic rings. The number of nitrogens with one attached hydrogen (secondary N) is 1. The first kappa shape index (κ1) is 77.8. The van der Waals surface area contributed by atoms with Gasteiger partial charge in [0, 0.05) is 6.42 Å². The zero-order valence-electron chi connectivity index (χ0n) is 52.9. The van der Waals surface area contributed by atoms with Crippen molar-refractivity contribution in [3.05, 3.63) is 12.2 Å². The van der Waals surface area contributed by atoms with E-state index in [9.17, 15) is 61.0 Å². The lowest BCUT2D eigenvalue weighted by atomic mass is 9.96. The van der Waals surface area contributed by atoms with E-state index in [1.165, 1.54) is 186 Å². The molecule has 0 aromatic heterocycles. The maximum absolute atomic E-state index is 13.2. The summed E-state index contributed by atoms with van der Waals surface area (Å²) >= 11 is 0. The Morgan fingerprint density at radius 3 is 1.11 bits per heavy atom. The Labute approximate surface area is 512 Å². The highest BCUT2D eigenvalue weighted by atomic mass is 16.8. The van der Waals surface area contributed by atoms with Gasteiger partial charge in [-0.1, -0.05) is 257 Å². The summed E-state index contributed by atoms with van der Waals surface area (Å²) in [6.45, 7) is 1.69. The highest BCUT2D eigenvalue weighted by Gasteiger charge is 2.53. The third-order valence-corrected chi connectivity index (χ3v) is 17.6. The van der Waals surface area contributed by atoms with E-state index in [4.69, 9.17) is 28.4 Å². The summed E-state index contributed by atoms with van der Waals surface area (Å²) in [6, 6.07) is -0.966. The number of hydrogen-bond donors (Lipinski definition) is 12. The van der Waals surface area contributed by atoms with Crippen molar-refractivity contribution in [2.45, 2.75) is 375 Å². The second kappa shape index (κ2) is 49.3. The molecule has 12 N–H and O–H groups in total. The largest absolute Gasteiger partial charge is 0.394 e. The third kappa shape index (κ3) is 31.9. The van der Waals surface area contributed by atoms with Crippen LogP contribution in [0.25, 0.3) is 0 Å². The van der Waals surface area contributed by atoms with Crippen LogP contribution in [0.2, 0.25) is 0 Å². The van der Waals surface area contributed by atoms with Gasteiger partial charge in [-0.2, -0.15) is 0 Å². The fourth-order valence-corrected chi connectivity index (χ4v) is 12.0. The second-order valence-corrected chi connectivity index (χ2v) is 25.0. The minimum atomic E-state index is -1.97. The molecule has 19 heteroatoms. The van der Waals surface area contributed by atoms with Gasteiger partial charge < -0.3 is 89.9 Å². The molecule has 0 radical (unpaired) electrons. The Balaban J connectivity index is 1.32. The maximum atomic E-state index is 13.2. The molecule has 3 aliphatic rings. The first-order valence-electron chi connectivity index (χ1n) is 34.4. The first-order valence-corrected chi connectivity index (χ1v) is 34.4. The van der Waals surface area contributed by atoms with Crippen LogP contribution >= 0.6 is 0 Å². The number of aliphatic hydroxyl groups excluding tert-OH is 11. The van der Waals surface area contributed by atoms with Crippen LogP contribution in [0.5, 0.6) is 0 Å². The van der Waals surface area contributed by atoms with Crippen molar-refractivity contribution in [2.75, 3.05) is 26.4 Å². The van der Waals surface area contributed by atoms with Crippen molar-refractivity contribution in [3.63, 3.8) is 0 Å². The monoisotopic (exact) mass is 1220 g/mol. The van der Waals surface area contributed by atoms with E-state index in [1.807, 2.05) is 6.08 Å². The van der Waals surface area contributed by atoms with E-state index in [-0.39, 0.29) is 18.9 Å². The minimum Gasteiger partial charge on any atom is -0.394 e. The Hall–Kier alpha value is -1.47. The van der Waals surface area contributed by atoms with Gasteiger partial charge in [0.05, 0.1) is 38.6 Å². The van der Waals surface area contributed by atoms with Gasteiger partial charge >= 0.3 is 0 Å². The fourth-order valence-electron chi connectivity index (χ4n) is 12.0. The molecule has 0 saturated carbocycles. The minimum absolute atomic E-state index is 0.245. The average Bonchev–Trinajstić information content (AvgIpc) is 2.91. The van der Waals surface area contributed by atoms with E-state index in [1.54, 1.807) is 6.08 Å². The zero-order valence-corrected chi connectivity index (χ0v) is 52.9. The van der Waals surface area contributed by atoms with Crippen molar-refractivity contribution < 1.29 is 89.4 Å². The van der Waals surface area contributed by atoms with Crippen LogP contribution in [0.15, 0.2) is 12.2 Å². The molecule has 0 spiro atoms. The summed E-state index contributed by atoms with van der Waals surface area (Å²) in [7, 11) is 0. The van der Waals surface area contributed by atoms with Gasteiger partial charge in [-0.3, -0.25) is 4.79 Å². The molecule has 1 amide bonds. The number of hydrogen-bond acceptors (Lipinski definition) is 18. The summed E-state index contributed by atoms with van der Waals surface area (Å²) in [6.07, 6.45) is 27.0. The maximum Gasteiger partial charge on any atom is 0.220 e. The molecule has 0 aromatic carbocycles. The van der Waals surface area contributed by atoms with E-state index < -0.39 is 124 Å². The van der Waals surface area contributed by atoms with Gasteiger partial charge in [0.2, 0.25) is 5.91 Å². The molecule has 0 aliphatic carbocycles. The average molecular weight is 1220 g/mol. The number of allylic oxidation sites excluding steroid dienone is 1. The number of ether oxygens (including phenoxy) is 6. The van der Waals surface area contributed by atoms with Crippen LogP contribution in [-0.2, 0) is 33.2 Å². The third-order valence-electron chi connectivity index (χ3n) is 17.6. The molecular formula is C66H125NO18. The van der Waals surface area contributed by atoms with Crippen molar-refractivity contribution in [3.8, 4) is 0 Å². The second-order valence-electron chi connectivity index (χ2n) is 25.0. The van der Waals surface area contributed by atoms with Crippen molar-refractivity contribution >= 4 is 5.91 Å². The van der Waals surface area contributed by atoms with Crippen LogP contribution in [-0.4, -0.2) is 193 Å². The normalized spacial score (nSPS) is 29.0. The van der Waals surface area contributed by atoms with Crippen LogP contribution in [0.1, 0.15) is 271 Å². The SMILES string of the molecule is CCCCCCCCCCCCCCCCCCCCCCCCCCCCCCCCC/C=C/C(O)C(COC1OC(CO)C(OC2OC(CO)C(OC3OC(CO)C(O)C(O)C3O)C(O)C2O)C(O)C1O)NC(=O)CCCCCCCCC. The van der Waals surface area contributed by atoms with E-state index in [0.717, 1.165) is 57.8 Å². The molecule has 19 nitrogen and oxygen atoms in total. The van der Waals surface area contributed by atoms with E-state index in [2.05, 4.69) is 19.2 Å². The molecule has 3 fully saturated rings. The lowest BCUT2D eigenvalue weighted by Crippen LogP contribution is -2.66. The molecule has 3 saturated heterocycles. The predicted molar refractivity (Wildman–Crippen MR) is 328 cm³/mol. The van der Waals surface area contributed by atoms with Crippen LogP contribution < -0.4 is 5.32 Å². The molecule has 85 heavy (non-hydrogen) atoms. The lowest BCUT2D eigenvalue weighted by molar-refractivity contribution is -0.379. The quantitative estimate of drug-likeness (QED) is 0.0201. The van der Waals surface area contributed by atoms with Crippen molar-refractivity contribution in [1.82, 2.24) is 5.32 Å². The molecule has 502 valence electrons. The van der Waals surface area contributed by atoms with E-state index in [0.29, 0.717) is 6.42 Å². The number of carbonyl (C=O) groups excluding carboxylic acids is 1. The molecular weight excluding hydrogens is 1090 g/mol. The van der Waals surface area contributed by atoms with Gasteiger partial charge in [-0.05, 0) is 19.3 Å². The van der Waals surface area contributed by atoms with Gasteiger partial charge in [-0.15, -0.1) is 0 Å². The number of unbranched alkanes of at least 4 members (excludes halogenated alkanes) is 37. The summed E-state index contributed by atoms with van der Waals surface area (Å²) in [5.74, 6) is -0.280. The van der Waals surface area contributed by atoms with Gasteiger partial charge in [0.1, 0.15) is 73.2 Å². The van der Waals surface area contributed by atoms with E-state index >= 15 is 0 Å². The molecule has 17 unspecified atom stereocenters. The van der Waals surface area contributed by atoms with Crippen molar-refractivity contribution in [2.24, 2.45) is 0 Å². The Morgan fingerprint density at radius 2 is 0.729 bits per heavy atom. The van der Waals surface area contributed by atoms with Gasteiger partial charge in [-0.25, -0.2) is 0 Å². The summed E-state index contributed by atoms with van der Waals surface area (Å²) in [4.78, 5) is 13.2. The summed E-state index contributed by atoms with van der Waals surface area (Å²) in [5.41, 5.74) is 0. The lowest BCUT2D eigenvalue weighted by Gasteiger charge is -2.48. The first-order chi connectivity index (χ1) is 41.3. The predicted octanol–water partition coefficient (Wildman–Crippen LogP) is 8.50. The smallest absolute Gasteiger partial charge is 0.220 e. The Morgan fingerprint density at radius 1 is 0.412 bits per heavy atom. The Kier molecular flexibility index (Phi) is 45.1. The van der Waals surface area contributed by atoms with Crippen LogP contribution in [0.3, 0.4) is 0 Å². The molecule has 3 aliphatic heterocycles. The number of rotatable bonds is 53. The Bertz CT molecular complexity index is 1600. The highest BCUT2D eigenvalue weighted by molar-refractivity contribution is 5.76. The zero-order chi connectivity index (χ0) is 61.9. The van der Waals surface area contributed by atoms with Crippen molar-refractivity contribution in [1.29, 1.82) is 0 Å². The highest BCUT2D eigenvalue weighted by Crippen LogP contribution is 2.33. The fraction of sp³-hybridized carbons (Fsp3) is 0.955. The number of carbonyl (C=O) groups is 1.